The molecule has 0 saturated carbocycles. The van der Waals surface area contributed by atoms with Crippen LogP contribution < -0.4 is 15.4 Å². The molecular formula is C17H23F3N6O2S. The van der Waals surface area contributed by atoms with Gasteiger partial charge in [-0.2, -0.15) is 23.3 Å². The van der Waals surface area contributed by atoms with Crippen LogP contribution in [0.15, 0.2) is 26.6 Å². The lowest BCUT2D eigenvalue weighted by molar-refractivity contribution is -0.152. The number of anilines is 2. The molecule has 3 rings (SSSR count). The van der Waals surface area contributed by atoms with Crippen molar-refractivity contribution in [3.63, 3.8) is 0 Å². The molecule has 160 valence electrons. The van der Waals surface area contributed by atoms with E-state index in [1.54, 1.807) is 0 Å². The molecule has 2 aliphatic heterocycles. The minimum Gasteiger partial charge on any atom is -0.377 e. The molecule has 12 heteroatoms. The number of alkyl halides is 3. The van der Waals surface area contributed by atoms with E-state index >= 15 is 0 Å². The van der Waals surface area contributed by atoms with Crippen molar-refractivity contribution in [2.75, 3.05) is 36.1 Å². The number of fused-ring (bicyclic) bond motifs is 1. The summed E-state index contributed by atoms with van der Waals surface area (Å²) in [6.07, 6.45) is -4.78. The third-order valence-corrected chi connectivity index (χ3v) is 5.64. The molecule has 0 amide bonds. The summed E-state index contributed by atoms with van der Waals surface area (Å²) in [5.41, 5.74) is 6.89. The second kappa shape index (κ2) is 8.34. The van der Waals surface area contributed by atoms with Crippen LogP contribution in [0.3, 0.4) is 0 Å². The number of morpholine rings is 1. The zero-order chi connectivity index (χ0) is 21.3. The average molecular weight is 432 g/mol. The van der Waals surface area contributed by atoms with Crippen molar-refractivity contribution >= 4 is 24.4 Å². The maximum Gasteiger partial charge on any atom is 0.408 e. The Morgan fingerprint density at radius 3 is 2.79 bits per heavy atom. The summed E-state index contributed by atoms with van der Waals surface area (Å²) in [4.78, 5) is 20.3. The van der Waals surface area contributed by atoms with Gasteiger partial charge in [0.1, 0.15) is 11.9 Å². The second-order valence-corrected chi connectivity index (χ2v) is 7.68. The first-order chi connectivity index (χ1) is 13.6. The molecule has 29 heavy (non-hydrogen) atoms. The Labute approximate surface area is 171 Å². The maximum absolute atomic E-state index is 13.8. The fourth-order valence-electron chi connectivity index (χ4n) is 3.53. The van der Waals surface area contributed by atoms with E-state index in [0.717, 1.165) is 4.90 Å². The van der Waals surface area contributed by atoms with E-state index in [4.69, 9.17) is 10.3 Å². The summed E-state index contributed by atoms with van der Waals surface area (Å²) in [7, 11) is 0. The molecule has 0 bridgehead atoms. The van der Waals surface area contributed by atoms with Gasteiger partial charge in [-0.05, 0) is 20.3 Å². The van der Waals surface area contributed by atoms with Crippen LogP contribution in [0.25, 0.3) is 0 Å². The Bertz CT molecular complexity index is 872. The number of thiol groups is 1. The lowest BCUT2D eigenvalue weighted by atomic mass is 10.1. The van der Waals surface area contributed by atoms with Gasteiger partial charge in [0, 0.05) is 24.1 Å². The molecule has 1 N–H and O–H groups in total. The summed E-state index contributed by atoms with van der Waals surface area (Å²) in [5, 5.41) is 3.25. The van der Waals surface area contributed by atoms with Gasteiger partial charge in [0.05, 0.1) is 31.5 Å². The molecule has 1 fully saturated rings. The highest BCUT2D eigenvalue weighted by Gasteiger charge is 2.47. The molecule has 1 aromatic rings. The Morgan fingerprint density at radius 1 is 1.45 bits per heavy atom. The topological polar surface area (TPSA) is 86.8 Å². The molecule has 8 nitrogen and oxygen atoms in total. The maximum atomic E-state index is 13.8. The molecule has 0 aromatic carbocycles. The lowest BCUT2D eigenvalue weighted by Crippen LogP contribution is -2.53. The van der Waals surface area contributed by atoms with Gasteiger partial charge in [-0.15, -0.1) is 12.6 Å². The second-order valence-electron chi connectivity index (χ2n) is 7.14. The van der Waals surface area contributed by atoms with Crippen LogP contribution in [0.4, 0.5) is 24.9 Å². The van der Waals surface area contributed by atoms with Gasteiger partial charge < -0.3 is 14.5 Å². The third kappa shape index (κ3) is 4.42. The summed E-state index contributed by atoms with van der Waals surface area (Å²) < 4.78 is 47.9. The zero-order valence-corrected chi connectivity index (χ0v) is 17.0. The molecule has 1 saturated heterocycles. The number of nitrogens with one attached hydrogen (secondary N) is 1. The Balaban J connectivity index is 2.10. The number of hydrogen-bond acceptors (Lipinski definition) is 8. The van der Waals surface area contributed by atoms with Crippen molar-refractivity contribution in [2.24, 2.45) is 5.11 Å². The molecule has 3 heterocycles. The van der Waals surface area contributed by atoms with Gasteiger partial charge in [-0.3, -0.25) is 9.36 Å². The number of halogens is 3. The van der Waals surface area contributed by atoms with Gasteiger partial charge in [0.2, 0.25) is 5.95 Å². The van der Waals surface area contributed by atoms with Gasteiger partial charge >= 0.3 is 6.18 Å². The lowest BCUT2D eigenvalue weighted by Gasteiger charge is -2.40. The number of aromatic nitrogens is 2. The van der Waals surface area contributed by atoms with E-state index in [1.807, 2.05) is 11.8 Å². The fraction of sp³-hybridized carbons (Fsp3) is 0.647. The van der Waals surface area contributed by atoms with Crippen molar-refractivity contribution in [1.82, 2.24) is 9.55 Å². The van der Waals surface area contributed by atoms with Crippen LogP contribution in [-0.4, -0.2) is 54.1 Å². The van der Waals surface area contributed by atoms with E-state index in [0.29, 0.717) is 25.6 Å². The molecule has 2 aliphatic rings. The molecular weight excluding hydrogens is 409 g/mol. The van der Waals surface area contributed by atoms with Crippen molar-refractivity contribution < 1.29 is 17.9 Å². The number of ether oxygens (including phenoxy) is 1. The summed E-state index contributed by atoms with van der Waals surface area (Å²) in [6.45, 7) is 4.46. The van der Waals surface area contributed by atoms with E-state index in [9.17, 15) is 18.0 Å². The SMILES string of the molecule is C/C(N=N)=C(/S)CN1c2nc(N3CCOC[C@H]3C)cc(=O)n2CC[C@H]1C(F)(F)F. The highest BCUT2D eigenvalue weighted by molar-refractivity contribution is 7.84. The smallest absolute Gasteiger partial charge is 0.377 e. The normalized spacial score (nSPS) is 23.5. The molecule has 0 radical (unpaired) electrons. The molecule has 0 unspecified atom stereocenters. The predicted octanol–water partition coefficient (Wildman–Crippen LogP) is 2.80. The highest BCUT2D eigenvalue weighted by atomic mass is 32.1. The first kappa shape index (κ1) is 21.6. The minimum absolute atomic E-state index is 0.0518. The fourth-order valence-corrected chi connectivity index (χ4v) is 3.74. The summed E-state index contributed by atoms with van der Waals surface area (Å²) >= 11 is 4.23. The van der Waals surface area contributed by atoms with Crippen LogP contribution in [0.2, 0.25) is 0 Å². The van der Waals surface area contributed by atoms with Crippen molar-refractivity contribution in [2.45, 2.75) is 45.1 Å². The largest absolute Gasteiger partial charge is 0.408 e. The quantitative estimate of drug-likeness (QED) is 0.565. The number of nitrogens with zero attached hydrogens (tertiary/aromatic N) is 5. The van der Waals surface area contributed by atoms with E-state index < -0.39 is 17.8 Å². The van der Waals surface area contributed by atoms with E-state index in [1.165, 1.54) is 17.6 Å². The van der Waals surface area contributed by atoms with E-state index in [-0.39, 0.29) is 42.1 Å². The monoisotopic (exact) mass is 432 g/mol. The van der Waals surface area contributed by atoms with Gasteiger partial charge in [0.25, 0.3) is 5.56 Å². The highest BCUT2D eigenvalue weighted by Crippen LogP contribution is 2.35. The van der Waals surface area contributed by atoms with Gasteiger partial charge in [-0.25, -0.2) is 5.53 Å². The minimum atomic E-state index is -4.51. The first-order valence-electron chi connectivity index (χ1n) is 9.19. The van der Waals surface area contributed by atoms with Gasteiger partial charge in [-0.1, -0.05) is 0 Å². The Hall–Kier alpha value is -2.08. The standard InChI is InChI=1S/C17H23F3N6O2S/c1-10-9-28-6-5-24(10)14-7-15(27)25-4-3-13(17(18,19)20)26(16(25)22-14)8-12(29)11(2)23-21/h7,10,13,21,29H,3-6,8-9H2,1-2H3/b12-11-,23-21?/t10-,13+/m1/s1. The van der Waals surface area contributed by atoms with Crippen LogP contribution in [-0.2, 0) is 11.3 Å². The van der Waals surface area contributed by atoms with Crippen LogP contribution in [0, 0.1) is 5.53 Å². The van der Waals surface area contributed by atoms with E-state index in [2.05, 4.69) is 22.7 Å². The van der Waals surface area contributed by atoms with Crippen molar-refractivity contribution in [1.29, 1.82) is 5.53 Å². The molecule has 0 spiro atoms. The third-order valence-electron chi connectivity index (χ3n) is 5.18. The number of allylic oxidation sites excluding steroid dienone is 1. The van der Waals surface area contributed by atoms with Crippen molar-refractivity contribution in [3.8, 4) is 0 Å². The predicted molar refractivity (Wildman–Crippen MR) is 105 cm³/mol. The summed E-state index contributed by atoms with van der Waals surface area (Å²) in [5.74, 6) is 0.278. The number of hydrogen-bond donors (Lipinski definition) is 2. The Morgan fingerprint density at radius 2 is 2.17 bits per heavy atom. The molecule has 0 aliphatic carbocycles. The molecule has 1 aromatic heterocycles. The summed E-state index contributed by atoms with van der Waals surface area (Å²) in [6, 6.07) is -0.509. The average Bonchev–Trinajstić information content (AvgIpc) is 2.67. The van der Waals surface area contributed by atoms with Crippen LogP contribution in [0.1, 0.15) is 20.3 Å². The molecule has 2 atom stereocenters. The van der Waals surface area contributed by atoms with Crippen LogP contribution in [0.5, 0.6) is 0 Å². The van der Waals surface area contributed by atoms with Gasteiger partial charge in [0.15, 0.2) is 0 Å². The van der Waals surface area contributed by atoms with Crippen LogP contribution >= 0.6 is 12.6 Å². The first-order valence-corrected chi connectivity index (χ1v) is 9.64. The zero-order valence-electron chi connectivity index (χ0n) is 16.1. The van der Waals surface area contributed by atoms with Crippen molar-refractivity contribution in [3.05, 3.63) is 27.0 Å². The number of rotatable bonds is 4. The Kier molecular flexibility index (Phi) is 6.22.